The van der Waals surface area contributed by atoms with E-state index in [-0.39, 0.29) is 18.1 Å². The standard InChI is InChI=1S/C28H33Cl2N3O5.C23H25Cl2N3O3/c1-28(2,3)38-27(34)33-14-16(9-19(33)15-35-4)10-23-31-13-18-11-17(7-8-20(18)32-23)24-25(29)21(36-5)12-22(37-6)26(24)30;1-29-12-16-6-13(10-26-16)7-20-27-11-15-8-14(4-5-17(15)28-20)21-22(24)18(30-2)9-19(31-3)23(21)25/h7-8,11-13,16,19H,9-10,14-15H2,1-6H3;4-5,8-9,11,13,16,26H,6-7,10,12H2,1-3H3/t16-,19+;13-,16+/m11/s1. The highest BCUT2D eigenvalue weighted by molar-refractivity contribution is 6.42. The van der Waals surface area contributed by atoms with E-state index in [2.05, 4.69) is 15.3 Å². The number of likely N-dealkylation sites (tertiary alicyclic amines) is 1. The van der Waals surface area contributed by atoms with E-state index < -0.39 is 5.60 Å². The third-order valence-electron chi connectivity index (χ3n) is 12.1. The van der Waals surface area contributed by atoms with Crippen LogP contribution in [0.3, 0.4) is 0 Å². The number of nitrogens with one attached hydrogen (secondary N) is 1. The molecule has 2 aromatic heterocycles. The van der Waals surface area contributed by atoms with Crippen LogP contribution < -0.4 is 24.3 Å². The second-order valence-corrected chi connectivity index (χ2v) is 19.6. The monoisotopic (exact) mass is 1020 g/mol. The molecule has 2 saturated heterocycles. The Morgan fingerprint density at radius 1 is 0.652 bits per heavy atom. The zero-order valence-corrected chi connectivity index (χ0v) is 43.3. The summed E-state index contributed by atoms with van der Waals surface area (Å²) in [5, 5.41) is 6.92. The molecule has 69 heavy (non-hydrogen) atoms. The minimum atomic E-state index is -0.558. The van der Waals surface area contributed by atoms with Crippen LogP contribution in [-0.2, 0) is 27.1 Å². The molecular formula is C51H58Cl4N6O8. The van der Waals surface area contributed by atoms with Crippen molar-refractivity contribution >= 4 is 74.3 Å². The first kappa shape index (κ1) is 51.9. The molecule has 368 valence electrons. The first-order valence-electron chi connectivity index (χ1n) is 22.5. The van der Waals surface area contributed by atoms with Gasteiger partial charge in [-0.15, -0.1) is 0 Å². The van der Waals surface area contributed by atoms with Gasteiger partial charge in [0.1, 0.15) is 40.2 Å². The van der Waals surface area contributed by atoms with Gasteiger partial charge in [0.25, 0.3) is 0 Å². The lowest BCUT2D eigenvalue weighted by molar-refractivity contribution is 0.0145. The topological polar surface area (TPSA) is 149 Å². The quantitative estimate of drug-likeness (QED) is 0.110. The summed E-state index contributed by atoms with van der Waals surface area (Å²) in [5.74, 6) is 4.22. The van der Waals surface area contributed by atoms with Gasteiger partial charge in [-0.2, -0.15) is 0 Å². The Hall–Kier alpha value is -4.93. The van der Waals surface area contributed by atoms with Crippen LogP contribution in [0.25, 0.3) is 44.1 Å². The van der Waals surface area contributed by atoms with Gasteiger partial charge in [-0.1, -0.05) is 58.5 Å². The Morgan fingerprint density at radius 2 is 1.12 bits per heavy atom. The molecule has 0 unspecified atom stereocenters. The van der Waals surface area contributed by atoms with Crippen molar-refractivity contribution in [3.8, 4) is 45.3 Å². The molecule has 14 nitrogen and oxygen atoms in total. The molecule has 1 amide bonds. The molecule has 2 aliphatic heterocycles. The number of carbonyl (C=O) groups excluding carboxylic acids is 1. The largest absolute Gasteiger partial charge is 0.495 e. The summed E-state index contributed by atoms with van der Waals surface area (Å²) in [6, 6.07) is 15.4. The van der Waals surface area contributed by atoms with Crippen molar-refractivity contribution in [3.63, 3.8) is 0 Å². The number of carbonyl (C=O) groups is 1. The van der Waals surface area contributed by atoms with Gasteiger partial charge < -0.3 is 43.4 Å². The Morgan fingerprint density at radius 3 is 1.55 bits per heavy atom. The molecule has 1 N–H and O–H groups in total. The van der Waals surface area contributed by atoms with Crippen LogP contribution in [0.5, 0.6) is 23.0 Å². The summed E-state index contributed by atoms with van der Waals surface area (Å²) in [6.45, 7) is 8.32. The van der Waals surface area contributed by atoms with E-state index >= 15 is 0 Å². The summed E-state index contributed by atoms with van der Waals surface area (Å²) in [5.41, 5.74) is 4.05. The number of nitrogens with zero attached hydrogens (tertiary/aromatic N) is 5. The van der Waals surface area contributed by atoms with Crippen molar-refractivity contribution in [2.24, 2.45) is 11.8 Å². The molecule has 2 aliphatic rings. The van der Waals surface area contributed by atoms with Gasteiger partial charge >= 0.3 is 6.09 Å². The molecule has 18 heteroatoms. The van der Waals surface area contributed by atoms with Crippen LogP contribution in [0.4, 0.5) is 4.79 Å². The number of methoxy groups -OCH3 is 6. The van der Waals surface area contributed by atoms with E-state index in [0.29, 0.717) is 85.7 Å². The van der Waals surface area contributed by atoms with Crippen LogP contribution >= 0.6 is 46.4 Å². The van der Waals surface area contributed by atoms with E-state index in [9.17, 15) is 4.79 Å². The van der Waals surface area contributed by atoms with E-state index in [0.717, 1.165) is 77.0 Å². The highest BCUT2D eigenvalue weighted by atomic mass is 35.5. The van der Waals surface area contributed by atoms with Gasteiger partial charge in [0.05, 0.1) is 78.8 Å². The van der Waals surface area contributed by atoms with Crippen molar-refractivity contribution in [1.29, 1.82) is 0 Å². The highest BCUT2D eigenvalue weighted by Crippen LogP contribution is 2.48. The molecule has 4 heterocycles. The van der Waals surface area contributed by atoms with Crippen molar-refractivity contribution in [3.05, 3.63) is 92.7 Å². The number of rotatable bonds is 14. The fourth-order valence-corrected chi connectivity index (χ4v) is 10.3. The predicted molar refractivity (Wildman–Crippen MR) is 272 cm³/mol. The maximum atomic E-state index is 12.8. The smallest absolute Gasteiger partial charge is 0.410 e. The van der Waals surface area contributed by atoms with E-state index in [1.165, 1.54) is 0 Å². The number of halogens is 4. The van der Waals surface area contributed by atoms with Crippen LogP contribution in [-0.4, -0.2) is 118 Å². The summed E-state index contributed by atoms with van der Waals surface area (Å²) < 4.78 is 37.8. The lowest BCUT2D eigenvalue weighted by Crippen LogP contribution is -2.41. The number of fused-ring (bicyclic) bond motifs is 2. The van der Waals surface area contributed by atoms with Gasteiger partial charge in [0.15, 0.2) is 0 Å². The minimum absolute atomic E-state index is 0.0442. The maximum absolute atomic E-state index is 12.8. The molecule has 4 aromatic carbocycles. The molecule has 0 saturated carbocycles. The summed E-state index contributed by atoms with van der Waals surface area (Å²) >= 11 is 26.4. The van der Waals surface area contributed by atoms with Crippen LogP contribution in [0.15, 0.2) is 60.9 Å². The fraction of sp³-hybridized carbons (Fsp3) is 0.431. The number of ether oxygens (including phenoxy) is 7. The van der Waals surface area contributed by atoms with Crippen LogP contribution in [0, 0.1) is 11.8 Å². The normalized spacial score (nSPS) is 18.0. The van der Waals surface area contributed by atoms with Gasteiger partial charge in [0.2, 0.25) is 0 Å². The molecule has 6 aromatic rings. The Kier molecular flexibility index (Phi) is 17.2. The first-order chi connectivity index (χ1) is 33.1. The molecule has 4 atom stereocenters. The lowest BCUT2D eigenvalue weighted by atomic mass is 10.0. The molecule has 8 rings (SSSR count). The molecule has 0 aliphatic carbocycles. The highest BCUT2D eigenvalue weighted by Gasteiger charge is 2.38. The fourth-order valence-electron chi connectivity index (χ4n) is 8.89. The Bertz CT molecular complexity index is 2740. The summed E-state index contributed by atoms with van der Waals surface area (Å²) in [7, 11) is 9.59. The van der Waals surface area contributed by atoms with Crippen LogP contribution in [0.1, 0.15) is 45.3 Å². The Labute approximate surface area is 423 Å². The number of benzene rings is 4. The number of hydrogen-bond acceptors (Lipinski definition) is 13. The second kappa shape index (κ2) is 22.9. The van der Waals surface area contributed by atoms with Crippen molar-refractivity contribution in [2.45, 2.75) is 64.1 Å². The van der Waals surface area contributed by atoms with Gasteiger partial charge in [-0.3, -0.25) is 0 Å². The van der Waals surface area contributed by atoms with Gasteiger partial charge in [0, 0.05) is 86.1 Å². The van der Waals surface area contributed by atoms with Crippen LogP contribution in [0.2, 0.25) is 20.1 Å². The molecule has 0 spiro atoms. The van der Waals surface area contributed by atoms with Gasteiger partial charge in [-0.05, 0) is 87.4 Å². The number of aromatic nitrogens is 4. The SMILES string of the molecule is COC[C@@H]1C[C@H](Cc2ncc3cc(-c4c(Cl)c(OC)cc(OC)c4Cl)ccc3n2)CN1.COC[C@@H]1C[C@H](Cc2ncc3cc(-c4c(Cl)c(OC)cc(OC)c4Cl)ccc3n2)CN1C(=O)OC(C)(C)C. The van der Waals surface area contributed by atoms with Gasteiger partial charge in [-0.25, -0.2) is 24.7 Å². The number of hydrogen-bond donors (Lipinski definition) is 1. The van der Waals surface area contributed by atoms with Crippen molar-refractivity contribution < 1.29 is 38.0 Å². The summed E-state index contributed by atoms with van der Waals surface area (Å²) in [4.78, 5) is 33.3. The average molecular weight is 1020 g/mol. The van der Waals surface area contributed by atoms with E-state index in [1.807, 2.05) is 63.4 Å². The predicted octanol–water partition coefficient (Wildman–Crippen LogP) is 11.2. The molecule has 0 bridgehead atoms. The first-order valence-corrected chi connectivity index (χ1v) is 24.0. The van der Waals surface area contributed by atoms with E-state index in [4.69, 9.17) is 89.5 Å². The third kappa shape index (κ3) is 12.2. The second-order valence-electron chi connectivity index (χ2n) is 18.1. The van der Waals surface area contributed by atoms with Crippen molar-refractivity contribution in [2.75, 3.05) is 69.0 Å². The zero-order chi connectivity index (χ0) is 49.6. The Balaban J connectivity index is 0.000000208. The maximum Gasteiger partial charge on any atom is 0.410 e. The number of amides is 1. The van der Waals surface area contributed by atoms with Crippen molar-refractivity contribution in [1.82, 2.24) is 30.2 Å². The molecule has 0 radical (unpaired) electrons. The zero-order valence-electron chi connectivity index (χ0n) is 40.3. The third-order valence-corrected chi connectivity index (χ3v) is 13.6. The summed E-state index contributed by atoms with van der Waals surface area (Å²) in [6.07, 6.45) is 6.69. The van der Waals surface area contributed by atoms with E-state index in [1.54, 1.807) is 65.9 Å². The lowest BCUT2D eigenvalue weighted by Gasteiger charge is -2.28. The average Bonchev–Trinajstić information content (AvgIpc) is 3.95. The molecule has 2 fully saturated rings. The minimum Gasteiger partial charge on any atom is -0.495 e. The molecular weight excluding hydrogens is 966 g/mol.